The molecule has 0 spiro atoms. The maximum Gasteiger partial charge on any atom is 0.251 e. The first kappa shape index (κ1) is 13.8. The summed E-state index contributed by atoms with van der Waals surface area (Å²) in [6.45, 7) is 0.537. The Kier molecular flexibility index (Phi) is 3.84. The molecule has 0 aliphatic rings. The molecule has 2 N–H and O–H groups in total. The van der Waals surface area contributed by atoms with Crippen LogP contribution in [0.15, 0.2) is 48.8 Å². The van der Waals surface area contributed by atoms with E-state index in [1.807, 2.05) is 24.3 Å². The number of hydrogen-bond acceptors (Lipinski definition) is 3. The summed E-state index contributed by atoms with van der Waals surface area (Å²) >= 11 is 0. The Morgan fingerprint density at radius 1 is 1.27 bits per heavy atom. The Morgan fingerprint density at radius 3 is 3.05 bits per heavy atom. The molecule has 0 atom stereocenters. The van der Waals surface area contributed by atoms with Crippen LogP contribution >= 0.6 is 0 Å². The van der Waals surface area contributed by atoms with E-state index < -0.39 is 0 Å². The van der Waals surface area contributed by atoms with Crippen molar-refractivity contribution in [2.24, 2.45) is 0 Å². The smallest absolute Gasteiger partial charge is 0.251 e. The van der Waals surface area contributed by atoms with Gasteiger partial charge in [-0.25, -0.2) is 4.98 Å². The standard InChI is InChI=1S/C17H14N4O/c18-10-13-2-1-3-14(8-13)17(22)19-7-6-12-4-5-15-16(9-12)21-11-20-15/h1-5,8-9,11H,6-7H2,(H,19,22)(H,20,21). The zero-order valence-electron chi connectivity index (χ0n) is 11.8. The molecule has 3 rings (SSSR count). The number of rotatable bonds is 4. The topological polar surface area (TPSA) is 81.6 Å². The first-order chi connectivity index (χ1) is 10.8. The molecular weight excluding hydrogens is 276 g/mol. The molecule has 0 radical (unpaired) electrons. The quantitative estimate of drug-likeness (QED) is 0.774. The Balaban J connectivity index is 1.60. The fourth-order valence-electron chi connectivity index (χ4n) is 2.29. The summed E-state index contributed by atoms with van der Waals surface area (Å²) in [7, 11) is 0. The average Bonchev–Trinajstić information content (AvgIpc) is 3.02. The number of nitrogens with zero attached hydrogens (tertiary/aromatic N) is 2. The largest absolute Gasteiger partial charge is 0.352 e. The van der Waals surface area contributed by atoms with Gasteiger partial charge in [-0.3, -0.25) is 4.79 Å². The van der Waals surface area contributed by atoms with Crippen molar-refractivity contribution in [3.8, 4) is 6.07 Å². The van der Waals surface area contributed by atoms with Crippen molar-refractivity contribution in [1.82, 2.24) is 15.3 Å². The van der Waals surface area contributed by atoms with Crippen molar-refractivity contribution in [2.75, 3.05) is 6.54 Å². The van der Waals surface area contributed by atoms with E-state index in [1.165, 1.54) is 0 Å². The molecule has 1 heterocycles. The van der Waals surface area contributed by atoms with E-state index in [1.54, 1.807) is 30.6 Å². The van der Waals surface area contributed by atoms with Crippen molar-refractivity contribution < 1.29 is 4.79 Å². The van der Waals surface area contributed by atoms with Gasteiger partial charge in [0.1, 0.15) is 0 Å². The van der Waals surface area contributed by atoms with Gasteiger partial charge >= 0.3 is 0 Å². The van der Waals surface area contributed by atoms with Crippen molar-refractivity contribution >= 4 is 16.9 Å². The van der Waals surface area contributed by atoms with Gasteiger partial charge in [-0.2, -0.15) is 5.26 Å². The van der Waals surface area contributed by atoms with Crippen LogP contribution in [0.3, 0.4) is 0 Å². The van der Waals surface area contributed by atoms with Gasteiger partial charge in [0.25, 0.3) is 5.91 Å². The number of carbonyl (C=O) groups is 1. The SMILES string of the molecule is N#Cc1cccc(C(=O)NCCc2ccc3nc[nH]c3c2)c1. The average molecular weight is 290 g/mol. The molecule has 108 valence electrons. The highest BCUT2D eigenvalue weighted by Gasteiger charge is 2.06. The van der Waals surface area contributed by atoms with Crippen LogP contribution in [-0.4, -0.2) is 22.4 Å². The summed E-state index contributed by atoms with van der Waals surface area (Å²) in [5, 5.41) is 11.7. The number of aromatic amines is 1. The molecule has 2 aromatic carbocycles. The number of H-pyrrole nitrogens is 1. The molecule has 0 bridgehead atoms. The van der Waals surface area contributed by atoms with Gasteiger partial charge in [0, 0.05) is 12.1 Å². The molecule has 0 saturated carbocycles. The summed E-state index contributed by atoms with van der Waals surface area (Å²) < 4.78 is 0. The summed E-state index contributed by atoms with van der Waals surface area (Å²) in [6.07, 6.45) is 2.40. The second kappa shape index (κ2) is 6.10. The number of aromatic nitrogens is 2. The molecule has 5 heteroatoms. The maximum atomic E-state index is 12.0. The van der Waals surface area contributed by atoms with Crippen LogP contribution in [0.1, 0.15) is 21.5 Å². The van der Waals surface area contributed by atoms with Crippen LogP contribution in [0.2, 0.25) is 0 Å². The third-order valence-electron chi connectivity index (χ3n) is 3.44. The summed E-state index contributed by atoms with van der Waals surface area (Å²) in [6, 6.07) is 14.7. The highest BCUT2D eigenvalue weighted by atomic mass is 16.1. The molecule has 3 aromatic rings. The minimum atomic E-state index is -0.167. The van der Waals surface area contributed by atoms with Crippen LogP contribution in [0, 0.1) is 11.3 Å². The summed E-state index contributed by atoms with van der Waals surface area (Å²) in [5.74, 6) is -0.167. The van der Waals surface area contributed by atoms with Crippen molar-refractivity contribution in [3.63, 3.8) is 0 Å². The number of carbonyl (C=O) groups excluding carboxylic acids is 1. The lowest BCUT2D eigenvalue weighted by molar-refractivity contribution is 0.0954. The highest BCUT2D eigenvalue weighted by Crippen LogP contribution is 2.11. The molecule has 5 nitrogen and oxygen atoms in total. The third-order valence-corrected chi connectivity index (χ3v) is 3.44. The lowest BCUT2D eigenvalue weighted by Gasteiger charge is -2.06. The fraction of sp³-hybridized carbons (Fsp3) is 0.118. The minimum absolute atomic E-state index is 0.167. The predicted octanol–water partition coefficient (Wildman–Crippen LogP) is 2.41. The molecule has 0 unspecified atom stereocenters. The van der Waals surface area contributed by atoms with Crippen LogP contribution in [0.4, 0.5) is 0 Å². The molecule has 0 fully saturated rings. The van der Waals surface area contributed by atoms with E-state index in [-0.39, 0.29) is 5.91 Å². The number of hydrogen-bond donors (Lipinski definition) is 2. The van der Waals surface area contributed by atoms with E-state index >= 15 is 0 Å². The number of nitriles is 1. The number of fused-ring (bicyclic) bond motifs is 1. The highest BCUT2D eigenvalue weighted by molar-refractivity contribution is 5.94. The monoisotopic (exact) mass is 290 g/mol. The first-order valence-corrected chi connectivity index (χ1v) is 6.96. The van der Waals surface area contributed by atoms with Crippen molar-refractivity contribution in [2.45, 2.75) is 6.42 Å². The summed E-state index contributed by atoms with van der Waals surface area (Å²) in [5.41, 5.74) is 4.04. The van der Waals surface area contributed by atoms with Crippen LogP contribution in [0.5, 0.6) is 0 Å². The van der Waals surface area contributed by atoms with Crippen molar-refractivity contribution in [1.29, 1.82) is 5.26 Å². The number of nitrogens with one attached hydrogen (secondary N) is 2. The van der Waals surface area contributed by atoms with Gasteiger partial charge in [0.2, 0.25) is 0 Å². The first-order valence-electron chi connectivity index (χ1n) is 6.96. The number of amides is 1. The molecule has 0 aliphatic heterocycles. The Hall–Kier alpha value is -3.13. The molecule has 1 aromatic heterocycles. The zero-order chi connectivity index (χ0) is 15.4. The van der Waals surface area contributed by atoms with Gasteiger partial charge in [-0.1, -0.05) is 12.1 Å². The van der Waals surface area contributed by atoms with Crippen LogP contribution in [-0.2, 0) is 6.42 Å². The summed E-state index contributed by atoms with van der Waals surface area (Å²) in [4.78, 5) is 19.3. The van der Waals surface area contributed by atoms with Crippen LogP contribution in [0.25, 0.3) is 11.0 Å². The second-order valence-corrected chi connectivity index (χ2v) is 4.95. The third kappa shape index (κ3) is 2.96. The normalized spacial score (nSPS) is 10.3. The zero-order valence-corrected chi connectivity index (χ0v) is 11.8. The predicted molar refractivity (Wildman–Crippen MR) is 83.3 cm³/mol. The van der Waals surface area contributed by atoms with Gasteiger partial charge in [-0.15, -0.1) is 0 Å². The number of benzene rings is 2. The molecule has 22 heavy (non-hydrogen) atoms. The Morgan fingerprint density at radius 2 is 2.18 bits per heavy atom. The van der Waals surface area contributed by atoms with E-state index in [0.717, 1.165) is 23.0 Å². The van der Waals surface area contributed by atoms with Gasteiger partial charge in [-0.05, 0) is 42.3 Å². The molecule has 1 amide bonds. The fourth-order valence-corrected chi connectivity index (χ4v) is 2.29. The molecule has 0 aliphatic carbocycles. The van der Waals surface area contributed by atoms with E-state index in [9.17, 15) is 4.79 Å². The van der Waals surface area contributed by atoms with E-state index in [4.69, 9.17) is 5.26 Å². The molecule has 0 saturated heterocycles. The van der Waals surface area contributed by atoms with Gasteiger partial charge < -0.3 is 10.3 Å². The lowest BCUT2D eigenvalue weighted by Crippen LogP contribution is -2.25. The van der Waals surface area contributed by atoms with Gasteiger partial charge in [0.05, 0.1) is 29.0 Å². The van der Waals surface area contributed by atoms with Crippen LogP contribution < -0.4 is 5.32 Å². The maximum absolute atomic E-state index is 12.0. The number of imidazole rings is 1. The second-order valence-electron chi connectivity index (χ2n) is 4.95. The lowest BCUT2D eigenvalue weighted by atomic mass is 10.1. The van der Waals surface area contributed by atoms with Crippen molar-refractivity contribution in [3.05, 3.63) is 65.5 Å². The van der Waals surface area contributed by atoms with E-state index in [2.05, 4.69) is 15.3 Å². The molecular formula is C17H14N4O. The Labute approximate surface area is 127 Å². The minimum Gasteiger partial charge on any atom is -0.352 e. The van der Waals surface area contributed by atoms with Gasteiger partial charge in [0.15, 0.2) is 0 Å². The Bertz CT molecular complexity index is 860. The van der Waals surface area contributed by atoms with E-state index in [0.29, 0.717) is 17.7 Å².